The minimum atomic E-state index is -4.78. The first kappa shape index (κ1) is 17.7. The molecule has 0 spiro atoms. The van der Waals surface area contributed by atoms with Gasteiger partial charge < -0.3 is 24.7 Å². The maximum atomic E-state index is 11.2. The molecular formula is C13H16N2O6P2. The fourth-order valence-corrected chi connectivity index (χ4v) is 3.47. The summed E-state index contributed by atoms with van der Waals surface area (Å²) in [5.41, 5.74) is -0.934. The van der Waals surface area contributed by atoms with Crippen LogP contribution in [0.4, 0.5) is 5.82 Å². The molecular weight excluding hydrogens is 342 g/mol. The zero-order chi connectivity index (χ0) is 16.9. The topological polar surface area (TPSA) is 129 Å². The van der Waals surface area contributed by atoms with Crippen LogP contribution in [0.2, 0.25) is 0 Å². The molecule has 1 aromatic heterocycles. The van der Waals surface area contributed by atoms with E-state index in [0.717, 1.165) is 5.56 Å². The van der Waals surface area contributed by atoms with Crippen molar-refractivity contribution in [1.29, 1.82) is 0 Å². The lowest BCUT2D eigenvalue weighted by molar-refractivity contribution is 0.306. The number of nitrogens with one attached hydrogen (secondary N) is 1. The Hall–Kier alpha value is -1.69. The van der Waals surface area contributed by atoms with Crippen LogP contribution >= 0.6 is 15.6 Å². The Morgan fingerprint density at radius 2 is 1.96 bits per heavy atom. The second-order valence-corrected chi connectivity index (χ2v) is 8.06. The van der Waals surface area contributed by atoms with Crippen LogP contribution in [0, 0.1) is 0 Å². The molecule has 2 rings (SSSR count). The lowest BCUT2D eigenvalue weighted by Gasteiger charge is -2.17. The van der Waals surface area contributed by atoms with Crippen LogP contribution in [-0.4, -0.2) is 25.2 Å². The Morgan fingerprint density at radius 1 is 1.26 bits per heavy atom. The van der Waals surface area contributed by atoms with E-state index in [-0.39, 0.29) is 5.82 Å². The van der Waals surface area contributed by atoms with Gasteiger partial charge in [-0.15, -0.1) is 0 Å². The minimum absolute atomic E-state index is 0.0382. The highest BCUT2D eigenvalue weighted by Gasteiger charge is 2.33. The van der Waals surface area contributed by atoms with Crippen molar-refractivity contribution >= 4 is 21.4 Å². The number of rotatable bonds is 7. The average molecular weight is 358 g/mol. The molecule has 2 unspecified atom stereocenters. The predicted molar refractivity (Wildman–Crippen MR) is 85.7 cm³/mol. The van der Waals surface area contributed by atoms with Crippen molar-refractivity contribution in [3.63, 3.8) is 0 Å². The molecule has 0 saturated carbocycles. The molecule has 8 nitrogen and oxygen atoms in total. The summed E-state index contributed by atoms with van der Waals surface area (Å²) in [6, 6.07) is 12.4. The van der Waals surface area contributed by atoms with Crippen molar-refractivity contribution < 1.29 is 28.5 Å². The molecule has 0 saturated heterocycles. The molecule has 0 aliphatic carbocycles. The van der Waals surface area contributed by atoms with E-state index in [1.54, 1.807) is 6.07 Å². The molecule has 124 valence electrons. The van der Waals surface area contributed by atoms with Gasteiger partial charge in [-0.25, -0.2) is 4.98 Å². The second-order valence-electron chi connectivity index (χ2n) is 4.63. The minimum Gasteiger partial charge on any atom is -0.489 e. The monoisotopic (exact) mass is 358 g/mol. The lowest BCUT2D eigenvalue weighted by atomic mass is 10.2. The van der Waals surface area contributed by atoms with Crippen molar-refractivity contribution in [2.24, 2.45) is 0 Å². The fraction of sp³-hybridized carbons (Fsp3) is 0.154. The Morgan fingerprint density at radius 3 is 2.57 bits per heavy atom. The number of anilines is 1. The molecule has 2 aromatic rings. The number of ether oxygens (including phenoxy) is 1. The molecule has 0 fully saturated rings. The molecule has 0 bridgehead atoms. The van der Waals surface area contributed by atoms with Crippen molar-refractivity contribution in [3.05, 3.63) is 54.2 Å². The van der Waals surface area contributed by atoms with Gasteiger partial charge in [0.25, 0.3) is 0 Å². The standard InChI is InChI=1S/C13H16N2O6P2/c16-22(17)13(23(18,19)20)15-12-8-11(6-7-14-12)21-9-10-4-2-1-3-5-10/h1-8,13,22H,9H2,(H,14,15)(H,16,17)(H2,18,19,20). The Kier molecular flexibility index (Phi) is 5.93. The van der Waals surface area contributed by atoms with Crippen molar-refractivity contribution in [3.8, 4) is 5.75 Å². The number of hydrogen-bond donors (Lipinski definition) is 4. The van der Waals surface area contributed by atoms with E-state index in [2.05, 4.69) is 10.3 Å². The summed E-state index contributed by atoms with van der Waals surface area (Å²) in [6.45, 7) is 0.308. The van der Waals surface area contributed by atoms with Gasteiger partial charge in [0.15, 0.2) is 0 Å². The van der Waals surface area contributed by atoms with Crippen LogP contribution in [0.25, 0.3) is 0 Å². The summed E-state index contributed by atoms with van der Waals surface area (Å²) < 4.78 is 27.9. The third-order valence-corrected chi connectivity index (χ3v) is 5.92. The van der Waals surface area contributed by atoms with Gasteiger partial charge in [-0.1, -0.05) is 30.3 Å². The first-order valence-electron chi connectivity index (χ1n) is 6.53. The number of nitrogens with zero attached hydrogens (tertiary/aromatic N) is 1. The van der Waals surface area contributed by atoms with Gasteiger partial charge in [0, 0.05) is 12.3 Å². The highest BCUT2D eigenvalue weighted by atomic mass is 31.2. The van der Waals surface area contributed by atoms with Gasteiger partial charge in [-0.05, 0) is 11.6 Å². The zero-order valence-electron chi connectivity index (χ0n) is 11.9. The van der Waals surface area contributed by atoms with Gasteiger partial charge in [0.05, 0.1) is 0 Å². The molecule has 1 heterocycles. The van der Waals surface area contributed by atoms with Gasteiger partial charge in [0.1, 0.15) is 18.2 Å². The third-order valence-electron chi connectivity index (χ3n) is 2.83. The quantitative estimate of drug-likeness (QED) is 0.553. The van der Waals surface area contributed by atoms with E-state index in [0.29, 0.717) is 12.4 Å². The van der Waals surface area contributed by atoms with E-state index < -0.39 is 21.1 Å². The summed E-state index contributed by atoms with van der Waals surface area (Å²) in [7, 11) is -8.29. The lowest BCUT2D eigenvalue weighted by Crippen LogP contribution is -2.16. The molecule has 0 aliphatic heterocycles. The summed E-state index contributed by atoms with van der Waals surface area (Å²) in [6.07, 6.45) is 1.37. The van der Waals surface area contributed by atoms with Crippen LogP contribution < -0.4 is 10.1 Å². The summed E-state index contributed by atoms with van der Waals surface area (Å²) >= 11 is 0. The summed E-state index contributed by atoms with van der Waals surface area (Å²) in [4.78, 5) is 31.1. The van der Waals surface area contributed by atoms with E-state index in [4.69, 9.17) is 19.4 Å². The Bertz CT molecular complexity index is 721. The van der Waals surface area contributed by atoms with Gasteiger partial charge in [-0.2, -0.15) is 0 Å². The van der Waals surface area contributed by atoms with Gasteiger partial charge in [0.2, 0.25) is 13.6 Å². The van der Waals surface area contributed by atoms with Crippen LogP contribution in [0.5, 0.6) is 5.75 Å². The first-order chi connectivity index (χ1) is 10.9. The molecule has 0 amide bonds. The number of benzene rings is 1. The molecule has 23 heavy (non-hydrogen) atoms. The molecule has 10 heteroatoms. The molecule has 2 atom stereocenters. The fourth-order valence-electron chi connectivity index (χ4n) is 1.75. The summed E-state index contributed by atoms with van der Waals surface area (Å²) in [5.74, 6) is 0.449. The van der Waals surface area contributed by atoms with E-state index in [1.165, 1.54) is 12.3 Å². The maximum absolute atomic E-state index is 11.2. The largest absolute Gasteiger partial charge is 0.489 e. The number of pyridine rings is 1. The van der Waals surface area contributed by atoms with Crippen molar-refractivity contribution in [1.82, 2.24) is 4.98 Å². The smallest absolute Gasteiger partial charge is 0.357 e. The average Bonchev–Trinajstić information content (AvgIpc) is 2.51. The molecule has 4 N–H and O–H groups in total. The number of hydrogen-bond acceptors (Lipinski definition) is 5. The predicted octanol–water partition coefficient (Wildman–Crippen LogP) is 2.00. The van der Waals surface area contributed by atoms with Crippen LogP contribution in [0.3, 0.4) is 0 Å². The van der Waals surface area contributed by atoms with Crippen molar-refractivity contribution in [2.45, 2.75) is 12.1 Å². The first-order valence-corrected chi connectivity index (χ1v) is 9.65. The van der Waals surface area contributed by atoms with Crippen molar-refractivity contribution in [2.75, 3.05) is 5.32 Å². The molecule has 0 aliphatic rings. The molecule has 1 aromatic carbocycles. The van der Waals surface area contributed by atoms with Gasteiger partial charge in [-0.3, -0.25) is 9.13 Å². The third kappa shape index (κ3) is 5.46. The van der Waals surface area contributed by atoms with Crippen LogP contribution in [0.1, 0.15) is 5.56 Å². The number of aromatic nitrogens is 1. The van der Waals surface area contributed by atoms with Crippen LogP contribution in [0.15, 0.2) is 48.7 Å². The Balaban J connectivity index is 2.07. The second kappa shape index (κ2) is 7.73. The van der Waals surface area contributed by atoms with E-state index >= 15 is 0 Å². The SMILES string of the molecule is O=[PH](O)C(Nc1cc(OCc2ccccc2)ccn1)P(=O)(O)O. The van der Waals surface area contributed by atoms with Crippen LogP contribution in [-0.2, 0) is 15.7 Å². The molecule has 0 radical (unpaired) electrons. The van der Waals surface area contributed by atoms with E-state index in [1.807, 2.05) is 30.3 Å². The van der Waals surface area contributed by atoms with E-state index in [9.17, 15) is 9.13 Å². The Labute approximate surface area is 133 Å². The zero-order valence-corrected chi connectivity index (χ0v) is 13.8. The van der Waals surface area contributed by atoms with Gasteiger partial charge >= 0.3 is 7.60 Å². The summed E-state index contributed by atoms with van der Waals surface area (Å²) in [5, 5.41) is 2.29. The maximum Gasteiger partial charge on any atom is 0.357 e. The highest BCUT2D eigenvalue weighted by molar-refractivity contribution is 7.65. The highest BCUT2D eigenvalue weighted by Crippen LogP contribution is 2.51. The normalized spacial score (nSPS) is 14.0.